The van der Waals surface area contributed by atoms with E-state index in [1.807, 2.05) is 0 Å². The third kappa shape index (κ3) is 3.06. The van der Waals surface area contributed by atoms with E-state index < -0.39 is 38.1 Å². The fourth-order valence-electron chi connectivity index (χ4n) is 1.55. The highest BCUT2D eigenvalue weighted by Crippen LogP contribution is 2.27. The molecule has 21 heavy (non-hydrogen) atoms. The van der Waals surface area contributed by atoms with Crippen molar-refractivity contribution in [3.05, 3.63) is 52.8 Å². The number of nitrogens with one attached hydrogen (secondary N) is 1. The lowest BCUT2D eigenvalue weighted by Gasteiger charge is -2.11. The minimum Gasteiger partial charge on any atom is -0.398 e. The van der Waals surface area contributed by atoms with Crippen molar-refractivity contribution in [2.75, 3.05) is 10.5 Å². The van der Waals surface area contributed by atoms with Crippen LogP contribution in [-0.2, 0) is 10.0 Å². The van der Waals surface area contributed by atoms with Crippen LogP contribution < -0.4 is 10.5 Å². The Balaban J connectivity index is 2.47. The average molecular weight is 337 g/mol. The van der Waals surface area contributed by atoms with E-state index in [-0.39, 0.29) is 10.7 Å². The molecule has 3 N–H and O–H groups in total. The molecular formula is C12H8ClF3N2O2S. The summed E-state index contributed by atoms with van der Waals surface area (Å²) in [7, 11) is -4.31. The topological polar surface area (TPSA) is 72.2 Å². The normalized spacial score (nSPS) is 11.4. The number of hydrogen-bond donors (Lipinski definition) is 2. The zero-order valence-electron chi connectivity index (χ0n) is 10.2. The van der Waals surface area contributed by atoms with Gasteiger partial charge in [0.05, 0.1) is 11.4 Å². The van der Waals surface area contributed by atoms with Crippen LogP contribution >= 0.6 is 11.6 Å². The van der Waals surface area contributed by atoms with Crippen molar-refractivity contribution in [2.24, 2.45) is 0 Å². The summed E-state index contributed by atoms with van der Waals surface area (Å²) in [6, 6.07) is 5.02. The molecule has 0 amide bonds. The maximum atomic E-state index is 13.5. The van der Waals surface area contributed by atoms with E-state index >= 15 is 0 Å². The number of benzene rings is 2. The summed E-state index contributed by atoms with van der Waals surface area (Å²) < 4.78 is 65.3. The van der Waals surface area contributed by atoms with Gasteiger partial charge in [-0.3, -0.25) is 4.72 Å². The zero-order chi connectivity index (χ0) is 15.8. The first-order valence-electron chi connectivity index (χ1n) is 5.43. The Hall–Kier alpha value is -1.93. The van der Waals surface area contributed by atoms with Crippen molar-refractivity contribution in [1.29, 1.82) is 0 Å². The van der Waals surface area contributed by atoms with Gasteiger partial charge >= 0.3 is 0 Å². The van der Waals surface area contributed by atoms with Crippen LogP contribution in [0.4, 0.5) is 24.5 Å². The van der Waals surface area contributed by atoms with E-state index in [1.165, 1.54) is 12.1 Å². The van der Waals surface area contributed by atoms with Crippen LogP contribution in [0.5, 0.6) is 0 Å². The molecule has 0 aliphatic rings. The number of sulfonamides is 1. The number of anilines is 2. The molecule has 0 unspecified atom stereocenters. The van der Waals surface area contributed by atoms with Gasteiger partial charge in [0.2, 0.25) is 0 Å². The summed E-state index contributed by atoms with van der Waals surface area (Å²) >= 11 is 5.67. The van der Waals surface area contributed by atoms with Crippen LogP contribution in [0.25, 0.3) is 0 Å². The molecule has 0 saturated heterocycles. The molecule has 2 aromatic carbocycles. The van der Waals surface area contributed by atoms with Crippen LogP contribution in [0.15, 0.2) is 35.2 Å². The number of hydrogen-bond acceptors (Lipinski definition) is 3. The average Bonchev–Trinajstić information content (AvgIpc) is 2.42. The lowest BCUT2D eigenvalue weighted by atomic mass is 10.3. The van der Waals surface area contributed by atoms with Crippen molar-refractivity contribution in [1.82, 2.24) is 0 Å². The van der Waals surface area contributed by atoms with E-state index in [0.717, 1.165) is 12.1 Å². The smallest absolute Gasteiger partial charge is 0.264 e. The van der Waals surface area contributed by atoms with Crippen molar-refractivity contribution in [2.45, 2.75) is 4.90 Å². The van der Waals surface area contributed by atoms with Gasteiger partial charge in [0.15, 0.2) is 17.5 Å². The SMILES string of the molecule is Nc1ccc(Cl)cc1S(=O)(=O)Nc1ccc(F)c(F)c1F. The van der Waals surface area contributed by atoms with Gasteiger partial charge in [-0.15, -0.1) is 0 Å². The maximum absolute atomic E-state index is 13.5. The summed E-state index contributed by atoms with van der Waals surface area (Å²) in [4.78, 5) is -0.404. The van der Waals surface area contributed by atoms with Crippen molar-refractivity contribution < 1.29 is 21.6 Å². The van der Waals surface area contributed by atoms with Crippen LogP contribution in [0.1, 0.15) is 0 Å². The van der Waals surface area contributed by atoms with E-state index in [4.69, 9.17) is 17.3 Å². The number of nitrogens with two attached hydrogens (primary N) is 1. The second-order valence-electron chi connectivity index (χ2n) is 4.01. The Bertz CT molecular complexity index is 812. The molecule has 4 nitrogen and oxygen atoms in total. The molecule has 0 fully saturated rings. The van der Waals surface area contributed by atoms with Gasteiger partial charge < -0.3 is 5.73 Å². The summed E-state index contributed by atoms with van der Waals surface area (Å²) in [6.07, 6.45) is 0. The second kappa shape index (κ2) is 5.45. The molecule has 9 heteroatoms. The van der Waals surface area contributed by atoms with E-state index in [9.17, 15) is 21.6 Å². The molecule has 2 aromatic rings. The minimum atomic E-state index is -4.31. The quantitative estimate of drug-likeness (QED) is 0.668. The molecule has 0 radical (unpaired) electrons. The van der Waals surface area contributed by atoms with E-state index in [1.54, 1.807) is 4.72 Å². The Morgan fingerprint density at radius 3 is 2.38 bits per heavy atom. The number of rotatable bonds is 3. The Labute approximate surface area is 123 Å². The first-order chi connectivity index (χ1) is 9.72. The minimum absolute atomic E-state index is 0.0929. The summed E-state index contributed by atoms with van der Waals surface area (Å²) in [5, 5.41) is 0.0929. The number of halogens is 4. The fourth-order valence-corrected chi connectivity index (χ4v) is 3.00. The highest BCUT2D eigenvalue weighted by Gasteiger charge is 2.22. The van der Waals surface area contributed by atoms with Gasteiger partial charge in [0.25, 0.3) is 10.0 Å². The van der Waals surface area contributed by atoms with Gasteiger partial charge in [-0.05, 0) is 30.3 Å². The van der Waals surface area contributed by atoms with E-state index in [0.29, 0.717) is 6.07 Å². The highest BCUT2D eigenvalue weighted by molar-refractivity contribution is 7.92. The van der Waals surface area contributed by atoms with Crippen molar-refractivity contribution in [3.8, 4) is 0 Å². The summed E-state index contributed by atoms with van der Waals surface area (Å²) in [5.74, 6) is -4.87. The largest absolute Gasteiger partial charge is 0.398 e. The van der Waals surface area contributed by atoms with Gasteiger partial charge in [-0.1, -0.05) is 11.6 Å². The lowest BCUT2D eigenvalue weighted by Crippen LogP contribution is -2.16. The van der Waals surface area contributed by atoms with Crippen molar-refractivity contribution in [3.63, 3.8) is 0 Å². The molecule has 2 rings (SSSR count). The molecule has 0 saturated carbocycles. The Morgan fingerprint density at radius 2 is 1.71 bits per heavy atom. The first-order valence-corrected chi connectivity index (χ1v) is 7.30. The van der Waals surface area contributed by atoms with Gasteiger partial charge in [0.1, 0.15) is 4.90 Å². The fraction of sp³-hybridized carbons (Fsp3) is 0. The third-order valence-corrected chi connectivity index (χ3v) is 4.20. The maximum Gasteiger partial charge on any atom is 0.264 e. The molecule has 0 aromatic heterocycles. The molecule has 0 heterocycles. The zero-order valence-corrected chi connectivity index (χ0v) is 11.8. The monoisotopic (exact) mass is 336 g/mol. The van der Waals surface area contributed by atoms with Crippen molar-refractivity contribution >= 4 is 33.0 Å². The number of nitrogen functional groups attached to an aromatic ring is 1. The third-order valence-electron chi connectivity index (χ3n) is 2.54. The van der Waals surface area contributed by atoms with Crippen LogP contribution in [0, 0.1) is 17.5 Å². The Morgan fingerprint density at radius 1 is 1.05 bits per heavy atom. The van der Waals surface area contributed by atoms with Crippen LogP contribution in [0.2, 0.25) is 5.02 Å². The Kier molecular flexibility index (Phi) is 4.02. The predicted octanol–water partition coefficient (Wildman–Crippen LogP) is 3.14. The first kappa shape index (κ1) is 15.5. The molecule has 0 aliphatic carbocycles. The second-order valence-corrected chi connectivity index (χ2v) is 6.10. The molecule has 112 valence electrons. The van der Waals surface area contributed by atoms with Gasteiger partial charge in [0, 0.05) is 5.02 Å². The molecule has 0 aliphatic heterocycles. The molecule has 0 spiro atoms. The lowest BCUT2D eigenvalue weighted by molar-refractivity contribution is 0.449. The molecular weight excluding hydrogens is 329 g/mol. The predicted molar refractivity (Wildman–Crippen MR) is 73.0 cm³/mol. The highest BCUT2D eigenvalue weighted by atomic mass is 35.5. The molecule has 0 bridgehead atoms. The summed E-state index contributed by atoms with van der Waals surface area (Å²) in [6.45, 7) is 0. The van der Waals surface area contributed by atoms with Gasteiger partial charge in [-0.2, -0.15) is 0 Å². The standard InChI is InChI=1S/C12H8ClF3N2O2S/c13-6-1-3-8(17)10(5-6)21(19,20)18-9-4-2-7(14)11(15)12(9)16/h1-5,18H,17H2. The van der Waals surface area contributed by atoms with Crippen LogP contribution in [0.3, 0.4) is 0 Å². The van der Waals surface area contributed by atoms with E-state index in [2.05, 4.69) is 0 Å². The van der Waals surface area contributed by atoms with Gasteiger partial charge in [-0.25, -0.2) is 21.6 Å². The summed E-state index contributed by atoms with van der Waals surface area (Å²) in [5.41, 5.74) is 4.64. The van der Waals surface area contributed by atoms with Crippen LogP contribution in [-0.4, -0.2) is 8.42 Å². The molecule has 0 atom stereocenters.